The molecule has 1 unspecified atom stereocenters. The molecule has 1 fully saturated rings. The normalized spacial score (nSPS) is 16.6. The summed E-state index contributed by atoms with van der Waals surface area (Å²) in [5.41, 5.74) is 2.09. The summed E-state index contributed by atoms with van der Waals surface area (Å²) in [6, 6.07) is 14.8. The number of fused-ring (bicyclic) bond motifs is 1. The van der Waals surface area contributed by atoms with E-state index in [-0.39, 0.29) is 5.75 Å². The zero-order chi connectivity index (χ0) is 23.5. The molecule has 0 bridgehead atoms. The fourth-order valence-electron chi connectivity index (χ4n) is 4.39. The number of anilines is 2. The Bertz CT molecular complexity index is 1280. The number of likely N-dealkylation sites (tertiary alicyclic amines) is 1. The van der Waals surface area contributed by atoms with Crippen molar-refractivity contribution >= 4 is 38.5 Å². The summed E-state index contributed by atoms with van der Waals surface area (Å²) in [4.78, 5) is 11.1. The molecule has 1 aliphatic rings. The van der Waals surface area contributed by atoms with Crippen LogP contribution in [0.1, 0.15) is 19.8 Å². The Balaban J connectivity index is 1.30. The molecule has 176 valence electrons. The molecule has 0 radical (unpaired) electrons. The first-order valence-corrected chi connectivity index (χ1v) is 12.3. The molecule has 0 amide bonds. The highest BCUT2D eigenvalue weighted by Gasteiger charge is 2.19. The van der Waals surface area contributed by atoms with E-state index in [4.69, 9.17) is 9.15 Å². The lowest BCUT2D eigenvalue weighted by atomic mass is 10.0. The van der Waals surface area contributed by atoms with Crippen molar-refractivity contribution in [3.8, 4) is 22.8 Å². The highest BCUT2D eigenvalue weighted by molar-refractivity contribution is 9.10. The first kappa shape index (κ1) is 22.7. The fraction of sp³-hybridized carbons (Fsp3) is 0.308. The van der Waals surface area contributed by atoms with Gasteiger partial charge in [0.15, 0.2) is 5.76 Å². The third-order valence-electron chi connectivity index (χ3n) is 6.07. The zero-order valence-electron chi connectivity index (χ0n) is 19.0. The summed E-state index contributed by atoms with van der Waals surface area (Å²) in [5, 5.41) is 13.7. The van der Waals surface area contributed by atoms with Gasteiger partial charge in [0, 0.05) is 30.4 Å². The highest BCUT2D eigenvalue weighted by Crippen LogP contribution is 2.40. The SMILES string of the molecule is CC1CCCN(CCOc2ccc(-c3oc4ncnc(Nc5cccc(O)c5)c4c3Br)cc2)C1. The maximum atomic E-state index is 9.75. The number of ether oxygens (including phenoxy) is 1. The van der Waals surface area contributed by atoms with Crippen LogP contribution in [0.3, 0.4) is 0 Å². The molecular formula is C26H27BrN4O3. The Morgan fingerprint density at radius 2 is 2.06 bits per heavy atom. The van der Waals surface area contributed by atoms with E-state index in [9.17, 15) is 5.11 Å². The predicted octanol–water partition coefficient (Wildman–Crippen LogP) is 6.21. The third kappa shape index (κ3) is 5.03. The minimum absolute atomic E-state index is 0.176. The molecule has 0 saturated carbocycles. The molecule has 1 aliphatic heterocycles. The Kier molecular flexibility index (Phi) is 6.69. The highest BCUT2D eigenvalue weighted by atomic mass is 79.9. The molecule has 34 heavy (non-hydrogen) atoms. The second kappa shape index (κ2) is 10.0. The number of furan rings is 1. The number of hydrogen-bond donors (Lipinski definition) is 2. The molecule has 0 aliphatic carbocycles. The number of aromatic nitrogens is 2. The minimum atomic E-state index is 0.176. The van der Waals surface area contributed by atoms with Gasteiger partial charge in [0.1, 0.15) is 30.3 Å². The minimum Gasteiger partial charge on any atom is -0.508 e. The first-order valence-electron chi connectivity index (χ1n) is 11.5. The van der Waals surface area contributed by atoms with Crippen molar-refractivity contribution < 1.29 is 14.3 Å². The number of aromatic hydroxyl groups is 1. The number of piperidine rings is 1. The van der Waals surface area contributed by atoms with Crippen molar-refractivity contribution in [3.63, 3.8) is 0 Å². The van der Waals surface area contributed by atoms with Crippen LogP contribution in [0.4, 0.5) is 11.5 Å². The number of nitrogens with one attached hydrogen (secondary N) is 1. The van der Waals surface area contributed by atoms with Crippen LogP contribution < -0.4 is 10.1 Å². The van der Waals surface area contributed by atoms with Crippen LogP contribution in [0.25, 0.3) is 22.4 Å². The van der Waals surface area contributed by atoms with Gasteiger partial charge < -0.3 is 19.6 Å². The molecule has 2 N–H and O–H groups in total. The second-order valence-corrected chi connectivity index (χ2v) is 9.54. The van der Waals surface area contributed by atoms with Gasteiger partial charge in [-0.15, -0.1) is 0 Å². The van der Waals surface area contributed by atoms with Gasteiger partial charge in [-0.1, -0.05) is 13.0 Å². The average molecular weight is 523 g/mol. The van der Waals surface area contributed by atoms with Crippen LogP contribution >= 0.6 is 15.9 Å². The first-order chi connectivity index (χ1) is 16.6. The number of benzene rings is 2. The van der Waals surface area contributed by atoms with Crippen molar-refractivity contribution in [3.05, 3.63) is 59.3 Å². The standard InChI is InChI=1S/C26H27BrN4O3/c1-17-4-3-11-31(15-17)12-13-33-21-9-7-18(8-10-21)24-23(27)22-25(28-16-29-26(22)34-24)30-19-5-2-6-20(32)14-19/h2,5-10,14,16-17,32H,3-4,11-13,15H2,1H3,(H,28,29,30). The average Bonchev–Trinajstić information content (AvgIpc) is 3.17. The molecule has 2 aromatic carbocycles. The van der Waals surface area contributed by atoms with Crippen LogP contribution in [0, 0.1) is 5.92 Å². The summed E-state index contributed by atoms with van der Waals surface area (Å²) in [7, 11) is 0. The lowest BCUT2D eigenvalue weighted by Crippen LogP contribution is -2.37. The Morgan fingerprint density at radius 3 is 2.85 bits per heavy atom. The van der Waals surface area contributed by atoms with Gasteiger partial charge in [0.05, 0.1) is 9.86 Å². The van der Waals surface area contributed by atoms with Crippen molar-refractivity contribution in [1.29, 1.82) is 0 Å². The maximum absolute atomic E-state index is 9.75. The molecule has 0 spiro atoms. The summed E-state index contributed by atoms with van der Waals surface area (Å²) < 4.78 is 12.8. The maximum Gasteiger partial charge on any atom is 0.233 e. The molecule has 1 atom stereocenters. The van der Waals surface area contributed by atoms with Gasteiger partial charge in [0.2, 0.25) is 5.71 Å². The number of hydrogen-bond acceptors (Lipinski definition) is 7. The molecule has 3 heterocycles. The molecule has 2 aromatic heterocycles. The van der Waals surface area contributed by atoms with E-state index >= 15 is 0 Å². The monoisotopic (exact) mass is 522 g/mol. The van der Waals surface area contributed by atoms with E-state index in [0.717, 1.165) is 52.4 Å². The molecule has 8 heteroatoms. The van der Waals surface area contributed by atoms with Crippen LogP contribution in [0.2, 0.25) is 0 Å². The smallest absolute Gasteiger partial charge is 0.233 e. The molecule has 1 saturated heterocycles. The lowest BCUT2D eigenvalue weighted by molar-refractivity contribution is 0.153. The van der Waals surface area contributed by atoms with Crippen LogP contribution in [-0.4, -0.2) is 46.2 Å². The number of phenols is 1. The van der Waals surface area contributed by atoms with E-state index in [1.54, 1.807) is 18.2 Å². The van der Waals surface area contributed by atoms with Gasteiger partial charge in [0.25, 0.3) is 0 Å². The summed E-state index contributed by atoms with van der Waals surface area (Å²) >= 11 is 3.68. The second-order valence-electron chi connectivity index (χ2n) is 8.74. The van der Waals surface area contributed by atoms with E-state index in [1.807, 2.05) is 30.3 Å². The number of nitrogens with zero attached hydrogens (tertiary/aromatic N) is 3. The summed E-state index contributed by atoms with van der Waals surface area (Å²) in [5.74, 6) is 3.05. The van der Waals surface area contributed by atoms with Gasteiger partial charge in [-0.3, -0.25) is 4.90 Å². The Labute approximate surface area is 206 Å². The molecule has 7 nitrogen and oxygen atoms in total. The van der Waals surface area contributed by atoms with E-state index in [1.165, 1.54) is 19.2 Å². The van der Waals surface area contributed by atoms with Gasteiger partial charge in [-0.2, -0.15) is 0 Å². The summed E-state index contributed by atoms with van der Waals surface area (Å²) in [6.45, 7) is 6.28. The lowest BCUT2D eigenvalue weighted by Gasteiger charge is -2.30. The van der Waals surface area contributed by atoms with E-state index in [0.29, 0.717) is 23.9 Å². The number of halogens is 1. The number of phenolic OH excluding ortho intramolecular Hbond substituents is 1. The van der Waals surface area contributed by atoms with Crippen molar-refractivity contribution in [2.75, 3.05) is 31.6 Å². The molecular weight excluding hydrogens is 496 g/mol. The third-order valence-corrected chi connectivity index (χ3v) is 6.83. The Morgan fingerprint density at radius 1 is 1.21 bits per heavy atom. The Hall–Kier alpha value is -3.10. The quantitative estimate of drug-likeness (QED) is 0.298. The number of rotatable bonds is 7. The van der Waals surface area contributed by atoms with Crippen LogP contribution in [0.5, 0.6) is 11.5 Å². The topological polar surface area (TPSA) is 83.7 Å². The van der Waals surface area contributed by atoms with Gasteiger partial charge in [-0.25, -0.2) is 9.97 Å². The van der Waals surface area contributed by atoms with E-state index < -0.39 is 0 Å². The fourth-order valence-corrected chi connectivity index (χ4v) is 5.05. The van der Waals surface area contributed by atoms with Crippen molar-refractivity contribution in [1.82, 2.24) is 14.9 Å². The van der Waals surface area contributed by atoms with Crippen molar-refractivity contribution in [2.24, 2.45) is 5.92 Å². The van der Waals surface area contributed by atoms with Crippen LogP contribution in [-0.2, 0) is 0 Å². The van der Waals surface area contributed by atoms with Gasteiger partial charge in [-0.05, 0) is 77.6 Å². The predicted molar refractivity (Wildman–Crippen MR) is 137 cm³/mol. The van der Waals surface area contributed by atoms with E-state index in [2.05, 4.69) is 43.0 Å². The zero-order valence-corrected chi connectivity index (χ0v) is 20.6. The van der Waals surface area contributed by atoms with Gasteiger partial charge >= 0.3 is 0 Å². The van der Waals surface area contributed by atoms with Crippen LogP contribution in [0.15, 0.2) is 63.7 Å². The van der Waals surface area contributed by atoms with Crippen molar-refractivity contribution in [2.45, 2.75) is 19.8 Å². The molecule has 5 rings (SSSR count). The largest absolute Gasteiger partial charge is 0.508 e. The summed E-state index contributed by atoms with van der Waals surface area (Å²) in [6.07, 6.45) is 4.06. The molecule has 4 aromatic rings.